The van der Waals surface area contributed by atoms with Gasteiger partial charge in [-0.1, -0.05) is 102 Å². The number of allylic oxidation sites excluding steroid dienone is 3. The molecule has 0 amide bonds. The summed E-state index contributed by atoms with van der Waals surface area (Å²) in [6.07, 6.45) is 15.1. The smallest absolute Gasteiger partial charge is 0.200 e. The fourth-order valence-corrected chi connectivity index (χ4v) is 9.07. The fourth-order valence-electron chi connectivity index (χ4n) is 9.07. The van der Waals surface area contributed by atoms with Gasteiger partial charge in [-0.2, -0.15) is 0 Å². The molecular formula is C56H43F5N4. The molecule has 9 heteroatoms. The number of H-pyrrole nitrogens is 2. The summed E-state index contributed by atoms with van der Waals surface area (Å²) in [4.78, 5) is 17.2. The summed E-state index contributed by atoms with van der Waals surface area (Å²) < 4.78 is 76.7. The molecule has 0 unspecified atom stereocenters. The third-order valence-corrected chi connectivity index (χ3v) is 12.3. The van der Waals surface area contributed by atoms with Crippen molar-refractivity contribution < 1.29 is 22.0 Å². The van der Waals surface area contributed by atoms with Gasteiger partial charge in [0.2, 0.25) is 5.82 Å². The molecule has 65 heavy (non-hydrogen) atoms. The average molecular weight is 867 g/mol. The number of benzene rings is 4. The van der Waals surface area contributed by atoms with E-state index in [1.165, 1.54) is 6.08 Å². The van der Waals surface area contributed by atoms with Crippen LogP contribution in [-0.2, 0) is 5.41 Å². The van der Waals surface area contributed by atoms with Gasteiger partial charge in [0.15, 0.2) is 23.3 Å². The summed E-state index contributed by atoms with van der Waals surface area (Å²) in [7, 11) is 0. The predicted molar refractivity (Wildman–Crippen MR) is 256 cm³/mol. The van der Waals surface area contributed by atoms with Crippen LogP contribution in [0.25, 0.3) is 90.9 Å². The fraction of sp³-hybridized carbons (Fsp3) is 0.107. The van der Waals surface area contributed by atoms with E-state index < -0.39 is 34.6 Å². The number of hydrogen-bond donors (Lipinski definition) is 2. The Morgan fingerprint density at radius 1 is 0.415 bits per heavy atom. The van der Waals surface area contributed by atoms with E-state index in [1.807, 2.05) is 105 Å². The highest BCUT2D eigenvalue weighted by atomic mass is 19.2. The van der Waals surface area contributed by atoms with Gasteiger partial charge >= 0.3 is 0 Å². The second-order valence-electron chi connectivity index (χ2n) is 16.5. The van der Waals surface area contributed by atoms with Crippen LogP contribution in [0.3, 0.4) is 0 Å². The Morgan fingerprint density at radius 2 is 0.723 bits per heavy atom. The number of nitrogens with zero attached hydrogens (tertiary/aromatic N) is 2. The molecule has 0 saturated heterocycles. The first-order chi connectivity index (χ1) is 31.4. The molecule has 8 bridgehead atoms. The number of fused-ring (bicyclic) bond motifs is 8. The third-order valence-electron chi connectivity index (χ3n) is 12.3. The third kappa shape index (κ3) is 7.56. The first-order valence-electron chi connectivity index (χ1n) is 21.2. The van der Waals surface area contributed by atoms with E-state index in [0.29, 0.717) is 39.2 Å². The molecule has 4 aromatic carbocycles. The molecule has 0 fully saturated rings. The first-order valence-corrected chi connectivity index (χ1v) is 21.2. The largest absolute Gasteiger partial charge is 0.354 e. The zero-order valence-corrected chi connectivity index (χ0v) is 35.8. The van der Waals surface area contributed by atoms with Crippen LogP contribution in [0.5, 0.6) is 0 Å². The quantitative estimate of drug-likeness (QED) is 0.0589. The van der Waals surface area contributed by atoms with Gasteiger partial charge in [-0.05, 0) is 104 Å². The minimum atomic E-state index is -2.25. The summed E-state index contributed by atoms with van der Waals surface area (Å²) in [6.45, 7) is 16.1. The molecule has 322 valence electrons. The zero-order valence-electron chi connectivity index (χ0n) is 35.8. The van der Waals surface area contributed by atoms with Crippen molar-refractivity contribution in [1.29, 1.82) is 0 Å². The number of hydrogen-bond acceptors (Lipinski definition) is 2. The molecule has 0 saturated carbocycles. The van der Waals surface area contributed by atoms with E-state index in [0.717, 1.165) is 63.7 Å². The molecule has 9 rings (SSSR count). The van der Waals surface area contributed by atoms with Crippen molar-refractivity contribution in [3.8, 4) is 44.5 Å². The maximum absolute atomic E-state index is 16.0. The van der Waals surface area contributed by atoms with Gasteiger partial charge in [-0.15, -0.1) is 19.7 Å². The Labute approximate surface area is 373 Å². The van der Waals surface area contributed by atoms with Crippen molar-refractivity contribution in [3.05, 3.63) is 204 Å². The van der Waals surface area contributed by atoms with Crippen LogP contribution >= 0.6 is 0 Å². The second-order valence-corrected chi connectivity index (χ2v) is 16.5. The van der Waals surface area contributed by atoms with Crippen LogP contribution in [0.15, 0.2) is 135 Å². The number of rotatable bonds is 11. The van der Waals surface area contributed by atoms with Gasteiger partial charge in [-0.3, -0.25) is 0 Å². The Kier molecular flexibility index (Phi) is 11.2. The summed E-state index contributed by atoms with van der Waals surface area (Å²) in [5, 5.41) is 0. The Hall–Kier alpha value is -7.65. The molecule has 2 aliphatic rings. The second kappa shape index (κ2) is 17.1. The van der Waals surface area contributed by atoms with Gasteiger partial charge in [0.1, 0.15) is 0 Å². The van der Waals surface area contributed by atoms with Crippen LogP contribution in [0.1, 0.15) is 58.7 Å². The molecule has 2 aliphatic heterocycles. The molecule has 4 nitrogen and oxygen atoms in total. The minimum absolute atomic E-state index is 0.0153. The summed E-state index contributed by atoms with van der Waals surface area (Å²) >= 11 is 0. The van der Waals surface area contributed by atoms with Crippen LogP contribution < -0.4 is 0 Å². The van der Waals surface area contributed by atoms with Crippen LogP contribution in [-0.4, -0.2) is 19.9 Å². The van der Waals surface area contributed by atoms with Crippen LogP contribution in [0, 0.1) is 42.9 Å². The van der Waals surface area contributed by atoms with Crippen molar-refractivity contribution in [2.45, 2.75) is 38.5 Å². The number of aromatic amines is 2. The van der Waals surface area contributed by atoms with E-state index in [4.69, 9.17) is 9.97 Å². The van der Waals surface area contributed by atoms with Crippen LogP contribution in [0.4, 0.5) is 22.0 Å². The Balaban J connectivity index is 1.43. The lowest BCUT2D eigenvalue weighted by Crippen LogP contribution is -2.24. The SMILES string of the molecule is C=CCC(CC=C)(CC=C)c1ccc(-c2c3nc(c(-c4ccc(C)cc4)c4ccc([nH]4)c(-c4c(F)c(F)c(F)c(F)c4F)c4nc(c(-c5ccc(C)cc5)c5ccc2[nH]5)C=C4)C=C3)cc1. The van der Waals surface area contributed by atoms with E-state index >= 15 is 17.6 Å². The zero-order chi connectivity index (χ0) is 45.6. The highest BCUT2D eigenvalue weighted by Gasteiger charge is 2.31. The lowest BCUT2D eigenvalue weighted by atomic mass is 9.72. The Morgan fingerprint density at radius 3 is 1.08 bits per heavy atom. The monoisotopic (exact) mass is 866 g/mol. The molecule has 5 heterocycles. The standard InChI is InChI=1S/C56H43F5N4/c1-6-29-56(30-7-2,31-8-3)37-19-17-36(18-20-37)48-40-23-21-38(62-40)46(34-13-9-32(4)10-14-34)42-25-27-44(64-42)49(50-51(57)53(59)55(61)54(60)52(50)58)45-28-26-43(65-45)47(39-22-24-41(48)63-39)35-15-11-33(5)12-16-35/h6-28,62,65H,1-3,29-31H2,4-5H3. The first kappa shape index (κ1) is 42.6. The van der Waals surface area contributed by atoms with E-state index in [-0.39, 0.29) is 22.2 Å². The maximum atomic E-state index is 16.0. The van der Waals surface area contributed by atoms with Gasteiger partial charge in [0, 0.05) is 49.7 Å². The minimum Gasteiger partial charge on any atom is -0.354 e. The van der Waals surface area contributed by atoms with Crippen molar-refractivity contribution >= 4 is 46.4 Å². The molecule has 0 spiro atoms. The summed E-state index contributed by atoms with van der Waals surface area (Å²) in [5.74, 6) is -10.3. The highest BCUT2D eigenvalue weighted by Crippen LogP contribution is 2.42. The predicted octanol–water partition coefficient (Wildman–Crippen LogP) is 15.6. The van der Waals surface area contributed by atoms with E-state index in [2.05, 4.69) is 54.0 Å². The topological polar surface area (TPSA) is 57.4 Å². The highest BCUT2D eigenvalue weighted by molar-refractivity contribution is 6.00. The molecular weight excluding hydrogens is 824 g/mol. The summed E-state index contributed by atoms with van der Waals surface area (Å²) in [5.41, 5.74) is 9.65. The van der Waals surface area contributed by atoms with Crippen molar-refractivity contribution in [2.75, 3.05) is 0 Å². The van der Waals surface area contributed by atoms with Crippen molar-refractivity contribution in [1.82, 2.24) is 19.9 Å². The molecule has 3 aromatic heterocycles. The molecule has 2 N–H and O–H groups in total. The maximum Gasteiger partial charge on any atom is 0.200 e. The Bertz CT molecular complexity index is 3200. The summed E-state index contributed by atoms with van der Waals surface area (Å²) in [6, 6.07) is 31.3. The lowest BCUT2D eigenvalue weighted by molar-refractivity contribution is 0.381. The molecule has 0 aliphatic carbocycles. The lowest BCUT2D eigenvalue weighted by Gasteiger charge is -2.32. The van der Waals surface area contributed by atoms with Crippen molar-refractivity contribution in [2.24, 2.45) is 0 Å². The molecule has 7 aromatic rings. The van der Waals surface area contributed by atoms with Gasteiger partial charge in [0.05, 0.1) is 28.3 Å². The van der Waals surface area contributed by atoms with E-state index in [9.17, 15) is 4.39 Å². The van der Waals surface area contributed by atoms with Gasteiger partial charge in [-0.25, -0.2) is 31.9 Å². The number of nitrogens with one attached hydrogen (secondary N) is 2. The van der Waals surface area contributed by atoms with Gasteiger partial charge in [0.25, 0.3) is 0 Å². The average Bonchev–Trinajstić information content (AvgIpc) is 4.16. The molecule has 0 radical (unpaired) electrons. The normalized spacial score (nSPS) is 12.2. The van der Waals surface area contributed by atoms with Crippen LogP contribution in [0.2, 0.25) is 0 Å². The molecule has 0 atom stereocenters. The van der Waals surface area contributed by atoms with Crippen molar-refractivity contribution in [3.63, 3.8) is 0 Å². The number of halogens is 5. The number of aryl methyl sites for hydroxylation is 2. The van der Waals surface area contributed by atoms with E-state index in [1.54, 1.807) is 18.2 Å². The number of aromatic nitrogens is 4. The van der Waals surface area contributed by atoms with Gasteiger partial charge < -0.3 is 9.97 Å².